The minimum atomic E-state index is -3.59. The number of imidazole rings is 1. The maximum Gasteiger partial charge on any atom is 0.262 e. The molecule has 1 fully saturated rings. The molecule has 3 heterocycles. The van der Waals surface area contributed by atoms with Gasteiger partial charge in [-0.1, -0.05) is 6.07 Å². The fourth-order valence-electron chi connectivity index (χ4n) is 3.06. The van der Waals surface area contributed by atoms with Gasteiger partial charge in [-0.2, -0.15) is 4.31 Å². The Labute approximate surface area is 143 Å². The molecular formula is C16H23N5O2S. The highest BCUT2D eigenvalue weighted by Gasteiger charge is 2.38. The molecule has 2 aromatic rings. The van der Waals surface area contributed by atoms with E-state index >= 15 is 0 Å². The first-order valence-electron chi connectivity index (χ1n) is 7.97. The van der Waals surface area contributed by atoms with Gasteiger partial charge in [-0.25, -0.2) is 13.4 Å². The normalized spacial score (nSPS) is 19.2. The van der Waals surface area contributed by atoms with E-state index in [9.17, 15) is 8.42 Å². The molecule has 0 aromatic carbocycles. The van der Waals surface area contributed by atoms with Crippen molar-refractivity contribution in [3.63, 3.8) is 0 Å². The standard InChI is InChI=1S/C16H23N5O2S/c1-19(2)10-13-6-7-14(17-9-13)15-5-4-8-21(15)24(22,23)16-11-20(3)12-18-16/h6-7,9,11-12,15H,4-5,8,10H2,1-3H3/t15-/m1/s1. The molecule has 130 valence electrons. The van der Waals surface area contributed by atoms with Gasteiger partial charge in [0.2, 0.25) is 0 Å². The molecule has 24 heavy (non-hydrogen) atoms. The summed E-state index contributed by atoms with van der Waals surface area (Å²) in [4.78, 5) is 10.6. The van der Waals surface area contributed by atoms with Crippen LogP contribution in [-0.4, -0.2) is 52.8 Å². The molecule has 1 saturated heterocycles. The van der Waals surface area contributed by atoms with Crippen LogP contribution < -0.4 is 0 Å². The zero-order chi connectivity index (χ0) is 17.3. The molecule has 1 aliphatic rings. The smallest absolute Gasteiger partial charge is 0.262 e. The van der Waals surface area contributed by atoms with Crippen molar-refractivity contribution in [1.29, 1.82) is 0 Å². The lowest BCUT2D eigenvalue weighted by molar-refractivity contribution is 0.387. The number of aromatic nitrogens is 3. The third-order valence-corrected chi connectivity index (χ3v) is 5.94. The Hall–Kier alpha value is -1.77. The van der Waals surface area contributed by atoms with Gasteiger partial charge in [0.25, 0.3) is 10.0 Å². The van der Waals surface area contributed by atoms with Gasteiger partial charge in [-0.05, 0) is 38.6 Å². The predicted molar refractivity (Wildman–Crippen MR) is 90.7 cm³/mol. The molecule has 0 radical (unpaired) electrons. The van der Waals surface area contributed by atoms with Crippen molar-refractivity contribution in [2.75, 3.05) is 20.6 Å². The van der Waals surface area contributed by atoms with Crippen LogP contribution in [-0.2, 0) is 23.6 Å². The van der Waals surface area contributed by atoms with E-state index in [1.165, 1.54) is 10.6 Å². The highest BCUT2D eigenvalue weighted by Crippen LogP contribution is 2.35. The Kier molecular flexibility index (Phi) is 4.71. The van der Waals surface area contributed by atoms with Crippen LogP contribution in [0.25, 0.3) is 0 Å². The average Bonchev–Trinajstić information content (AvgIpc) is 3.16. The number of sulfonamides is 1. The highest BCUT2D eigenvalue weighted by atomic mass is 32.2. The third-order valence-electron chi connectivity index (χ3n) is 4.15. The van der Waals surface area contributed by atoms with Crippen LogP contribution in [0.5, 0.6) is 0 Å². The predicted octanol–water partition coefficient (Wildman–Crippen LogP) is 1.40. The number of rotatable bonds is 5. The maximum atomic E-state index is 12.9. The quantitative estimate of drug-likeness (QED) is 0.816. The van der Waals surface area contributed by atoms with Crippen molar-refractivity contribution >= 4 is 10.0 Å². The van der Waals surface area contributed by atoms with Crippen molar-refractivity contribution < 1.29 is 8.42 Å². The topological polar surface area (TPSA) is 71.3 Å². The summed E-state index contributed by atoms with van der Waals surface area (Å²) in [7, 11) is 2.18. The van der Waals surface area contributed by atoms with Crippen LogP contribution >= 0.6 is 0 Å². The van der Waals surface area contributed by atoms with Crippen LogP contribution in [0, 0.1) is 0 Å². The molecule has 0 spiro atoms. The Morgan fingerprint density at radius 2 is 2.08 bits per heavy atom. The van der Waals surface area contributed by atoms with Gasteiger partial charge >= 0.3 is 0 Å². The van der Waals surface area contributed by atoms with E-state index in [2.05, 4.69) is 14.9 Å². The molecule has 2 aromatic heterocycles. The molecule has 0 aliphatic carbocycles. The molecule has 1 aliphatic heterocycles. The molecule has 0 bridgehead atoms. The summed E-state index contributed by atoms with van der Waals surface area (Å²) in [5.41, 5.74) is 1.91. The van der Waals surface area contributed by atoms with Gasteiger partial charge in [-0.3, -0.25) is 4.98 Å². The van der Waals surface area contributed by atoms with Crippen molar-refractivity contribution in [2.24, 2.45) is 7.05 Å². The lowest BCUT2D eigenvalue weighted by atomic mass is 10.1. The van der Waals surface area contributed by atoms with E-state index < -0.39 is 10.0 Å². The summed E-state index contributed by atoms with van der Waals surface area (Å²) in [6, 6.07) is 3.74. The van der Waals surface area contributed by atoms with Crippen molar-refractivity contribution in [3.05, 3.63) is 42.1 Å². The third kappa shape index (κ3) is 3.35. The van der Waals surface area contributed by atoms with Crippen LogP contribution in [0.3, 0.4) is 0 Å². The minimum Gasteiger partial charge on any atom is -0.339 e. The first-order chi connectivity index (χ1) is 11.4. The Balaban J connectivity index is 1.85. The van der Waals surface area contributed by atoms with E-state index in [0.717, 1.165) is 30.6 Å². The van der Waals surface area contributed by atoms with Crippen LogP contribution in [0.1, 0.15) is 30.1 Å². The SMILES string of the molecule is CN(C)Cc1ccc([C@H]2CCCN2S(=O)(=O)c2cn(C)cn2)nc1. The average molecular weight is 349 g/mol. The van der Waals surface area contributed by atoms with Crippen LogP contribution in [0.4, 0.5) is 0 Å². The molecule has 1 atom stereocenters. The molecule has 0 amide bonds. The molecule has 0 N–H and O–H groups in total. The van der Waals surface area contributed by atoms with Crippen molar-refractivity contribution in [1.82, 2.24) is 23.7 Å². The fourth-order valence-corrected chi connectivity index (χ4v) is 4.70. The van der Waals surface area contributed by atoms with Gasteiger partial charge in [0.15, 0.2) is 5.03 Å². The van der Waals surface area contributed by atoms with E-state index in [-0.39, 0.29) is 11.1 Å². The lowest BCUT2D eigenvalue weighted by Gasteiger charge is -2.23. The molecule has 8 heteroatoms. The largest absolute Gasteiger partial charge is 0.339 e. The molecule has 0 unspecified atom stereocenters. The molecule has 3 rings (SSSR count). The summed E-state index contributed by atoms with van der Waals surface area (Å²) in [5, 5.41) is 0.0983. The summed E-state index contributed by atoms with van der Waals surface area (Å²) in [6.07, 6.45) is 6.49. The second-order valence-electron chi connectivity index (χ2n) is 6.48. The summed E-state index contributed by atoms with van der Waals surface area (Å²) in [6.45, 7) is 1.32. The van der Waals surface area contributed by atoms with Crippen molar-refractivity contribution in [3.8, 4) is 0 Å². The fraction of sp³-hybridized carbons (Fsp3) is 0.500. The van der Waals surface area contributed by atoms with Gasteiger partial charge in [-0.15, -0.1) is 0 Å². The number of hydrogen-bond acceptors (Lipinski definition) is 5. The first kappa shape index (κ1) is 17.1. The number of hydrogen-bond donors (Lipinski definition) is 0. The Morgan fingerprint density at radius 1 is 1.29 bits per heavy atom. The number of pyridine rings is 1. The van der Waals surface area contributed by atoms with Gasteiger partial charge in [0, 0.05) is 32.5 Å². The van der Waals surface area contributed by atoms with Gasteiger partial charge < -0.3 is 9.47 Å². The summed E-state index contributed by atoms with van der Waals surface area (Å²) >= 11 is 0. The van der Waals surface area contributed by atoms with Gasteiger partial charge in [0.05, 0.1) is 18.1 Å². The second-order valence-corrected chi connectivity index (χ2v) is 8.32. The monoisotopic (exact) mass is 349 g/mol. The summed E-state index contributed by atoms with van der Waals surface area (Å²) in [5.74, 6) is 0. The number of nitrogens with zero attached hydrogens (tertiary/aromatic N) is 5. The molecular weight excluding hydrogens is 326 g/mol. The summed E-state index contributed by atoms with van der Waals surface area (Å²) < 4.78 is 28.9. The van der Waals surface area contributed by atoms with Gasteiger partial charge in [0.1, 0.15) is 0 Å². The van der Waals surface area contributed by atoms with Crippen molar-refractivity contribution in [2.45, 2.75) is 30.5 Å². The van der Waals surface area contributed by atoms with E-state index in [0.29, 0.717) is 6.54 Å². The second kappa shape index (κ2) is 6.62. The van der Waals surface area contributed by atoms with E-state index in [1.807, 2.05) is 32.4 Å². The maximum absolute atomic E-state index is 12.9. The number of aryl methyl sites for hydroxylation is 1. The van der Waals surface area contributed by atoms with E-state index in [4.69, 9.17) is 0 Å². The Morgan fingerprint density at radius 3 is 2.67 bits per heavy atom. The zero-order valence-corrected chi connectivity index (χ0v) is 15.1. The minimum absolute atomic E-state index is 0.0983. The zero-order valence-electron chi connectivity index (χ0n) is 14.3. The highest BCUT2D eigenvalue weighted by molar-refractivity contribution is 7.89. The molecule has 7 nitrogen and oxygen atoms in total. The first-order valence-corrected chi connectivity index (χ1v) is 9.41. The van der Waals surface area contributed by atoms with E-state index in [1.54, 1.807) is 17.8 Å². The van der Waals surface area contributed by atoms with Crippen LogP contribution in [0.15, 0.2) is 35.9 Å². The molecule has 0 saturated carbocycles. The lowest BCUT2D eigenvalue weighted by Crippen LogP contribution is -2.31. The Bertz CT molecular complexity index is 798. The van der Waals surface area contributed by atoms with Crippen LogP contribution in [0.2, 0.25) is 0 Å².